The molecule has 0 aromatic rings. The van der Waals surface area contributed by atoms with Crippen LogP contribution in [0.1, 0.15) is 6.92 Å². The number of carbonyl (C=O) groups excluding carboxylic acids is 1. The van der Waals surface area contributed by atoms with E-state index in [1.54, 1.807) is 6.92 Å². The summed E-state index contributed by atoms with van der Waals surface area (Å²) in [5.74, 6) is 1.45. The number of amides is 1. The first-order chi connectivity index (χ1) is 4.70. The summed E-state index contributed by atoms with van der Waals surface area (Å²) in [4.78, 5) is 12.7. The third kappa shape index (κ3) is 0.669. The maximum Gasteiger partial charge on any atom is 0.219 e. The number of rotatable bonds is 0. The third-order valence-corrected chi connectivity index (χ3v) is 2.71. The van der Waals surface area contributed by atoms with Gasteiger partial charge in [0.05, 0.1) is 0 Å². The predicted molar refractivity (Wildman–Crippen MR) is 37.2 cm³/mol. The Bertz CT molecular complexity index is 168. The average molecular weight is 140 g/mol. The molecule has 1 saturated carbocycles. The Morgan fingerprint density at radius 3 is 2.40 bits per heavy atom. The van der Waals surface area contributed by atoms with Crippen molar-refractivity contribution in [3.05, 3.63) is 0 Å². The van der Waals surface area contributed by atoms with Crippen LogP contribution in [-0.4, -0.2) is 29.9 Å². The molecular weight excluding hydrogens is 128 g/mol. The van der Waals surface area contributed by atoms with Crippen LogP contribution in [0, 0.1) is 11.8 Å². The molecule has 2 N–H and O–H groups in total. The maximum atomic E-state index is 10.8. The van der Waals surface area contributed by atoms with E-state index in [-0.39, 0.29) is 5.91 Å². The number of carbonyl (C=O) groups is 1. The molecular formula is C7H12N2O. The van der Waals surface area contributed by atoms with E-state index >= 15 is 0 Å². The molecule has 0 bridgehead atoms. The van der Waals surface area contributed by atoms with Crippen molar-refractivity contribution >= 4 is 5.91 Å². The van der Waals surface area contributed by atoms with Crippen LogP contribution in [0.5, 0.6) is 0 Å². The van der Waals surface area contributed by atoms with Gasteiger partial charge in [-0.05, 0) is 11.8 Å². The number of nitrogens with zero attached hydrogens (tertiary/aromatic N) is 1. The van der Waals surface area contributed by atoms with Crippen molar-refractivity contribution in [3.8, 4) is 0 Å². The summed E-state index contributed by atoms with van der Waals surface area (Å²) >= 11 is 0. The summed E-state index contributed by atoms with van der Waals surface area (Å²) in [5.41, 5.74) is 5.70. The van der Waals surface area contributed by atoms with Crippen LogP contribution in [0.4, 0.5) is 0 Å². The number of hydrogen-bond acceptors (Lipinski definition) is 2. The van der Waals surface area contributed by atoms with Crippen LogP contribution in [0.15, 0.2) is 0 Å². The van der Waals surface area contributed by atoms with Gasteiger partial charge in [-0.3, -0.25) is 4.79 Å². The van der Waals surface area contributed by atoms with E-state index in [0.29, 0.717) is 17.9 Å². The predicted octanol–water partition coefficient (Wildman–Crippen LogP) is -0.578. The topological polar surface area (TPSA) is 46.3 Å². The molecule has 2 aliphatic rings. The van der Waals surface area contributed by atoms with E-state index < -0.39 is 0 Å². The Kier molecular flexibility index (Phi) is 1.06. The molecule has 1 aliphatic heterocycles. The van der Waals surface area contributed by atoms with E-state index in [1.165, 1.54) is 0 Å². The van der Waals surface area contributed by atoms with Gasteiger partial charge in [0.1, 0.15) is 0 Å². The van der Waals surface area contributed by atoms with Gasteiger partial charge in [0.2, 0.25) is 5.91 Å². The minimum absolute atomic E-state index is 0.194. The molecule has 0 aromatic heterocycles. The van der Waals surface area contributed by atoms with E-state index in [1.807, 2.05) is 4.90 Å². The maximum absolute atomic E-state index is 10.8. The molecule has 3 heteroatoms. The molecule has 2 fully saturated rings. The van der Waals surface area contributed by atoms with Crippen molar-refractivity contribution in [2.24, 2.45) is 17.6 Å². The number of hydrogen-bond donors (Lipinski definition) is 1. The lowest BCUT2D eigenvalue weighted by molar-refractivity contribution is -0.128. The van der Waals surface area contributed by atoms with Crippen molar-refractivity contribution in [1.29, 1.82) is 0 Å². The number of nitrogens with two attached hydrogens (primary N) is 1. The minimum Gasteiger partial charge on any atom is -0.342 e. The summed E-state index contributed by atoms with van der Waals surface area (Å²) in [5, 5.41) is 0. The first-order valence-electron chi connectivity index (χ1n) is 3.71. The van der Waals surface area contributed by atoms with Gasteiger partial charge in [0.15, 0.2) is 0 Å². The van der Waals surface area contributed by atoms with Crippen molar-refractivity contribution in [2.75, 3.05) is 13.1 Å². The summed E-state index contributed by atoms with van der Waals surface area (Å²) in [6.45, 7) is 3.43. The quantitative estimate of drug-likeness (QED) is 0.489. The summed E-state index contributed by atoms with van der Waals surface area (Å²) in [6.07, 6.45) is 0. The molecule has 2 rings (SSSR count). The smallest absolute Gasteiger partial charge is 0.219 e. The molecule has 1 amide bonds. The second kappa shape index (κ2) is 1.72. The van der Waals surface area contributed by atoms with Gasteiger partial charge in [-0.2, -0.15) is 0 Å². The molecule has 1 heterocycles. The lowest BCUT2D eigenvalue weighted by Gasteiger charge is -2.15. The summed E-state index contributed by atoms with van der Waals surface area (Å²) < 4.78 is 0. The van der Waals surface area contributed by atoms with Crippen molar-refractivity contribution in [2.45, 2.75) is 13.0 Å². The minimum atomic E-state index is 0.194. The Labute approximate surface area is 60.2 Å². The third-order valence-electron chi connectivity index (χ3n) is 2.71. The van der Waals surface area contributed by atoms with Gasteiger partial charge in [-0.15, -0.1) is 0 Å². The van der Waals surface area contributed by atoms with E-state index in [9.17, 15) is 4.79 Å². The zero-order valence-electron chi connectivity index (χ0n) is 6.08. The van der Waals surface area contributed by atoms with Crippen molar-refractivity contribution in [3.63, 3.8) is 0 Å². The Morgan fingerprint density at radius 2 is 2.00 bits per heavy atom. The van der Waals surface area contributed by atoms with Gasteiger partial charge >= 0.3 is 0 Å². The average Bonchev–Trinajstić information content (AvgIpc) is 2.38. The molecule has 0 spiro atoms. The zero-order valence-corrected chi connectivity index (χ0v) is 6.08. The highest BCUT2D eigenvalue weighted by Crippen LogP contribution is 2.43. The highest BCUT2D eigenvalue weighted by Gasteiger charge is 2.54. The lowest BCUT2D eigenvalue weighted by atomic mass is 10.4. The van der Waals surface area contributed by atoms with Gasteiger partial charge < -0.3 is 10.6 Å². The van der Waals surface area contributed by atoms with Crippen molar-refractivity contribution < 1.29 is 4.79 Å². The summed E-state index contributed by atoms with van der Waals surface area (Å²) in [6, 6.07) is 0.399. The largest absolute Gasteiger partial charge is 0.342 e. The van der Waals surface area contributed by atoms with Crippen LogP contribution in [0.3, 0.4) is 0 Å². The Hall–Kier alpha value is -0.570. The van der Waals surface area contributed by atoms with Crippen LogP contribution in [0.25, 0.3) is 0 Å². The zero-order chi connectivity index (χ0) is 7.30. The number of likely N-dealkylation sites (tertiary alicyclic amines) is 1. The standard InChI is InChI=1S/C7H12N2O/c1-4(10)9-2-5-6(3-9)7(5)8/h5-7H,2-3,8H2,1H3/t5-,6+,7-. The van der Waals surface area contributed by atoms with Gasteiger partial charge in [-0.25, -0.2) is 0 Å². The molecule has 56 valence electrons. The highest BCUT2D eigenvalue weighted by atomic mass is 16.2. The van der Waals surface area contributed by atoms with Gasteiger partial charge in [0.25, 0.3) is 0 Å². The summed E-state index contributed by atoms with van der Waals surface area (Å²) in [7, 11) is 0. The molecule has 10 heavy (non-hydrogen) atoms. The molecule has 0 aromatic carbocycles. The molecule has 0 unspecified atom stereocenters. The normalized spacial score (nSPS) is 43.4. The van der Waals surface area contributed by atoms with E-state index in [4.69, 9.17) is 5.73 Å². The molecule has 1 aliphatic carbocycles. The Morgan fingerprint density at radius 1 is 1.50 bits per heavy atom. The fourth-order valence-corrected chi connectivity index (χ4v) is 1.83. The van der Waals surface area contributed by atoms with Gasteiger partial charge in [-0.1, -0.05) is 0 Å². The fraction of sp³-hybridized carbons (Fsp3) is 0.857. The second-order valence-corrected chi connectivity index (χ2v) is 3.33. The SMILES string of the molecule is CC(=O)N1C[C@@H]2[C@H](N)[C@@H]2C1. The van der Waals surface area contributed by atoms with Crippen molar-refractivity contribution in [1.82, 2.24) is 4.90 Å². The van der Waals surface area contributed by atoms with Crippen LogP contribution >= 0.6 is 0 Å². The molecule has 3 atom stereocenters. The van der Waals surface area contributed by atoms with E-state index in [2.05, 4.69) is 0 Å². The first kappa shape index (κ1) is 6.16. The van der Waals surface area contributed by atoms with Crippen LogP contribution in [0.2, 0.25) is 0 Å². The monoisotopic (exact) mass is 140 g/mol. The molecule has 0 radical (unpaired) electrons. The fourth-order valence-electron chi connectivity index (χ4n) is 1.83. The number of fused-ring (bicyclic) bond motifs is 1. The number of piperidine rings is 1. The molecule has 1 saturated heterocycles. The van der Waals surface area contributed by atoms with Gasteiger partial charge in [0, 0.05) is 26.1 Å². The highest BCUT2D eigenvalue weighted by molar-refractivity contribution is 5.73. The van der Waals surface area contributed by atoms with Crippen LogP contribution < -0.4 is 5.73 Å². The van der Waals surface area contributed by atoms with Crippen LogP contribution in [-0.2, 0) is 4.79 Å². The lowest BCUT2D eigenvalue weighted by Crippen LogP contribution is -2.31. The molecule has 3 nitrogen and oxygen atoms in total. The second-order valence-electron chi connectivity index (χ2n) is 3.33. The Balaban J connectivity index is 1.95. The first-order valence-corrected chi connectivity index (χ1v) is 3.71. The van der Waals surface area contributed by atoms with E-state index in [0.717, 1.165) is 13.1 Å².